The van der Waals surface area contributed by atoms with Crippen molar-refractivity contribution in [2.75, 3.05) is 7.11 Å². The van der Waals surface area contributed by atoms with Crippen LogP contribution < -0.4 is 0 Å². The average Bonchev–Trinajstić information content (AvgIpc) is 2.20. The molecule has 0 atom stereocenters. The van der Waals surface area contributed by atoms with Gasteiger partial charge in [-0.2, -0.15) is 0 Å². The van der Waals surface area contributed by atoms with Gasteiger partial charge in [0.15, 0.2) is 5.69 Å². The lowest BCUT2D eigenvalue weighted by Gasteiger charge is -2.08. The van der Waals surface area contributed by atoms with Crippen molar-refractivity contribution >= 4 is 28.6 Å². The van der Waals surface area contributed by atoms with Crippen LogP contribution in [-0.2, 0) is 4.74 Å². The number of aromatic nitrogens is 1. The van der Waals surface area contributed by atoms with Crippen LogP contribution in [0.2, 0.25) is 0 Å². The average molecular weight is 327 g/mol. The quantitative estimate of drug-likeness (QED) is 0.619. The van der Waals surface area contributed by atoms with Gasteiger partial charge in [0.1, 0.15) is 0 Å². The van der Waals surface area contributed by atoms with Gasteiger partial charge in [-0.1, -0.05) is 0 Å². The monoisotopic (exact) mass is 327 g/mol. The number of carbonyl (C=O) groups is 1. The van der Waals surface area contributed by atoms with Gasteiger partial charge in [0.05, 0.1) is 7.11 Å². The Hall–Kier alpha value is -0.790. The topological polar surface area (TPSA) is 39.2 Å². The summed E-state index contributed by atoms with van der Waals surface area (Å²) >= 11 is 1.77. The van der Waals surface area contributed by atoms with Gasteiger partial charge in [-0.3, -0.25) is 0 Å². The van der Waals surface area contributed by atoms with Crippen LogP contribution in [0.4, 0.5) is 8.78 Å². The summed E-state index contributed by atoms with van der Waals surface area (Å²) in [7, 11) is 1.22. The number of hydrogen-bond donors (Lipinski definition) is 0. The second kappa shape index (κ2) is 4.82. The van der Waals surface area contributed by atoms with E-state index in [1.54, 1.807) is 29.5 Å². The molecule has 0 saturated carbocycles. The number of rotatable bonds is 2. The minimum atomic E-state index is -2.59. The molecule has 0 aliphatic carbocycles. The van der Waals surface area contributed by atoms with Crippen LogP contribution in [0.15, 0.2) is 6.20 Å². The summed E-state index contributed by atoms with van der Waals surface area (Å²) in [5, 5.41) is 0. The molecule has 3 nitrogen and oxygen atoms in total. The highest BCUT2D eigenvalue weighted by Gasteiger charge is 2.19. The fourth-order valence-corrected chi connectivity index (χ4v) is 1.69. The van der Waals surface area contributed by atoms with Crippen molar-refractivity contribution in [3.05, 3.63) is 26.6 Å². The first-order valence-corrected chi connectivity index (χ1v) is 5.08. The van der Waals surface area contributed by atoms with E-state index in [0.717, 1.165) is 6.20 Å². The number of alkyl halides is 2. The van der Waals surface area contributed by atoms with Gasteiger partial charge >= 0.3 is 5.97 Å². The molecule has 1 aromatic heterocycles. The zero-order valence-corrected chi connectivity index (χ0v) is 10.2. The number of esters is 1. The first-order chi connectivity index (χ1) is 6.99. The molecule has 6 heteroatoms. The predicted octanol–water partition coefficient (Wildman–Crippen LogP) is 2.72. The molecule has 0 unspecified atom stereocenters. The van der Waals surface area contributed by atoms with Gasteiger partial charge in [0, 0.05) is 15.3 Å². The van der Waals surface area contributed by atoms with E-state index in [0.29, 0.717) is 9.13 Å². The summed E-state index contributed by atoms with van der Waals surface area (Å²) in [4.78, 5) is 14.9. The predicted molar refractivity (Wildman–Crippen MR) is 58.0 cm³/mol. The third-order valence-corrected chi connectivity index (χ3v) is 3.32. The Labute approximate surface area is 99.0 Å². The van der Waals surface area contributed by atoms with Gasteiger partial charge in [-0.15, -0.1) is 0 Å². The Bertz CT molecular complexity index is 396. The molecule has 1 aromatic rings. The van der Waals surface area contributed by atoms with Crippen LogP contribution in [0.5, 0.6) is 0 Å². The zero-order valence-electron chi connectivity index (χ0n) is 8.05. The number of nitrogens with zero attached hydrogens (tertiary/aromatic N) is 1. The zero-order chi connectivity index (χ0) is 11.6. The van der Waals surface area contributed by atoms with E-state index >= 15 is 0 Å². The molecule has 0 spiro atoms. The number of halogens is 3. The van der Waals surface area contributed by atoms with Crippen molar-refractivity contribution in [2.24, 2.45) is 0 Å². The van der Waals surface area contributed by atoms with Gasteiger partial charge in [0.25, 0.3) is 6.43 Å². The van der Waals surface area contributed by atoms with Crippen LogP contribution in [0.25, 0.3) is 0 Å². The standard InChI is InChI=1S/C9H8F2INO2/c1-4-6(12)5(8(10)11)3-13-7(4)9(14)15-2/h3,8H,1-2H3. The molecule has 0 N–H and O–H groups in total. The van der Waals surface area contributed by atoms with Crippen LogP contribution in [0.1, 0.15) is 28.0 Å². The first-order valence-electron chi connectivity index (χ1n) is 4.00. The van der Waals surface area contributed by atoms with Crippen molar-refractivity contribution in [3.63, 3.8) is 0 Å². The maximum absolute atomic E-state index is 12.5. The van der Waals surface area contributed by atoms with E-state index in [1.165, 1.54) is 7.11 Å². The Kier molecular flexibility index (Phi) is 3.95. The molecule has 0 bridgehead atoms. The maximum Gasteiger partial charge on any atom is 0.356 e. The third-order valence-electron chi connectivity index (χ3n) is 1.88. The second-order valence-corrected chi connectivity index (χ2v) is 3.87. The van der Waals surface area contributed by atoms with E-state index in [-0.39, 0.29) is 11.3 Å². The van der Waals surface area contributed by atoms with Crippen LogP contribution in [0, 0.1) is 10.5 Å². The van der Waals surface area contributed by atoms with Gasteiger partial charge < -0.3 is 4.74 Å². The lowest BCUT2D eigenvalue weighted by molar-refractivity contribution is 0.0592. The van der Waals surface area contributed by atoms with Crippen LogP contribution in [0.3, 0.4) is 0 Å². The number of hydrogen-bond acceptors (Lipinski definition) is 3. The number of methoxy groups -OCH3 is 1. The number of ether oxygens (including phenoxy) is 1. The first kappa shape index (κ1) is 12.3. The van der Waals surface area contributed by atoms with Crippen molar-refractivity contribution in [1.82, 2.24) is 4.98 Å². The molecule has 82 valence electrons. The normalized spacial score (nSPS) is 10.5. The van der Waals surface area contributed by atoms with Crippen LogP contribution >= 0.6 is 22.6 Å². The highest BCUT2D eigenvalue weighted by atomic mass is 127. The summed E-state index contributed by atoms with van der Waals surface area (Å²) in [5.41, 5.74) is 0.326. The Balaban J connectivity index is 3.27. The molecule has 0 radical (unpaired) electrons. The molecule has 0 amide bonds. The minimum absolute atomic E-state index is 0.0753. The second-order valence-electron chi connectivity index (χ2n) is 2.79. The van der Waals surface area contributed by atoms with Gasteiger partial charge in [-0.25, -0.2) is 18.6 Å². The SMILES string of the molecule is COC(=O)c1ncc(C(F)F)c(I)c1C. The lowest BCUT2D eigenvalue weighted by Crippen LogP contribution is -2.09. The fourth-order valence-electron chi connectivity index (χ4n) is 1.06. The highest BCUT2D eigenvalue weighted by Crippen LogP contribution is 2.27. The summed E-state index contributed by atoms with van der Waals surface area (Å²) in [6, 6.07) is 0. The van der Waals surface area contributed by atoms with E-state index in [1.807, 2.05) is 0 Å². The largest absolute Gasteiger partial charge is 0.464 e. The summed E-state index contributed by atoms with van der Waals surface area (Å²) < 4.78 is 29.7. The molecule has 1 heterocycles. The fraction of sp³-hybridized carbons (Fsp3) is 0.333. The van der Waals surface area contributed by atoms with Crippen molar-refractivity contribution in [3.8, 4) is 0 Å². The molecule has 0 aliphatic rings. The molecule has 0 fully saturated rings. The van der Waals surface area contributed by atoms with E-state index in [4.69, 9.17) is 0 Å². The van der Waals surface area contributed by atoms with Crippen molar-refractivity contribution < 1.29 is 18.3 Å². The molecular weight excluding hydrogens is 319 g/mol. The van der Waals surface area contributed by atoms with E-state index < -0.39 is 12.4 Å². The maximum atomic E-state index is 12.5. The number of pyridine rings is 1. The Morgan fingerprint density at radius 1 is 1.60 bits per heavy atom. The summed E-state index contributed by atoms with van der Waals surface area (Å²) in [5.74, 6) is -0.619. The summed E-state index contributed by atoms with van der Waals surface area (Å²) in [6.45, 7) is 1.56. The Morgan fingerprint density at radius 2 is 2.20 bits per heavy atom. The molecular formula is C9H8F2INO2. The Morgan fingerprint density at radius 3 is 2.67 bits per heavy atom. The number of carbonyl (C=O) groups excluding carboxylic acids is 1. The molecule has 0 aliphatic heterocycles. The minimum Gasteiger partial charge on any atom is -0.464 e. The summed E-state index contributed by atoms with van der Waals surface area (Å²) in [6.07, 6.45) is -1.58. The van der Waals surface area contributed by atoms with Crippen molar-refractivity contribution in [2.45, 2.75) is 13.3 Å². The van der Waals surface area contributed by atoms with Gasteiger partial charge in [0.2, 0.25) is 0 Å². The molecule has 1 rings (SSSR count). The van der Waals surface area contributed by atoms with Crippen LogP contribution in [-0.4, -0.2) is 18.1 Å². The van der Waals surface area contributed by atoms with Gasteiger partial charge in [-0.05, 0) is 35.1 Å². The smallest absolute Gasteiger partial charge is 0.356 e. The molecule has 15 heavy (non-hydrogen) atoms. The van der Waals surface area contributed by atoms with E-state index in [2.05, 4.69) is 9.72 Å². The molecule has 0 aromatic carbocycles. The molecule has 0 saturated heterocycles. The third kappa shape index (κ3) is 2.42. The van der Waals surface area contributed by atoms with E-state index in [9.17, 15) is 13.6 Å². The lowest BCUT2D eigenvalue weighted by atomic mass is 10.1. The highest BCUT2D eigenvalue weighted by molar-refractivity contribution is 14.1. The van der Waals surface area contributed by atoms with Crippen molar-refractivity contribution in [1.29, 1.82) is 0 Å².